The molecule has 3 unspecified atom stereocenters. The number of hydrogen-bond donors (Lipinski definition) is 2. The van der Waals surface area contributed by atoms with E-state index < -0.39 is 0 Å². The fourth-order valence-corrected chi connectivity index (χ4v) is 2.69. The second kappa shape index (κ2) is 5.83. The Morgan fingerprint density at radius 2 is 2.00 bits per heavy atom. The first kappa shape index (κ1) is 11.4. The van der Waals surface area contributed by atoms with Crippen LogP contribution in [0.2, 0.25) is 0 Å². The predicted octanol–water partition coefficient (Wildman–Crippen LogP) is 1.16. The number of hydrogen-bond acceptors (Lipinski definition) is 3. The van der Waals surface area contributed by atoms with Crippen LogP contribution in [0, 0.1) is 11.8 Å². The van der Waals surface area contributed by atoms with Crippen molar-refractivity contribution in [3.8, 4) is 0 Å². The van der Waals surface area contributed by atoms with Crippen LogP contribution >= 0.6 is 0 Å². The molecule has 1 saturated heterocycles. The highest BCUT2D eigenvalue weighted by Crippen LogP contribution is 2.24. The maximum atomic E-state index is 9.40. The molecule has 3 heteroatoms. The molecule has 2 rings (SSSR count). The number of aliphatic hydroxyl groups is 1. The van der Waals surface area contributed by atoms with Gasteiger partial charge in [0.2, 0.25) is 0 Å². The zero-order valence-electron chi connectivity index (χ0n) is 9.45. The Morgan fingerprint density at radius 3 is 2.67 bits per heavy atom. The predicted molar refractivity (Wildman–Crippen MR) is 59.8 cm³/mol. The maximum absolute atomic E-state index is 9.40. The molecule has 88 valence electrons. The molecule has 1 aliphatic heterocycles. The van der Waals surface area contributed by atoms with Crippen LogP contribution in [0.3, 0.4) is 0 Å². The fraction of sp³-hybridized carbons (Fsp3) is 1.00. The van der Waals surface area contributed by atoms with Crippen molar-refractivity contribution in [2.24, 2.45) is 11.8 Å². The SMILES string of the molecule is OC1CCC(CNCC2CCCOC2)C1. The van der Waals surface area contributed by atoms with Crippen LogP contribution in [0.4, 0.5) is 0 Å². The minimum absolute atomic E-state index is 0.0326. The van der Waals surface area contributed by atoms with Crippen LogP contribution in [0.1, 0.15) is 32.1 Å². The Balaban J connectivity index is 1.54. The van der Waals surface area contributed by atoms with Gasteiger partial charge in [0.15, 0.2) is 0 Å². The van der Waals surface area contributed by atoms with Crippen molar-refractivity contribution in [1.29, 1.82) is 0 Å². The van der Waals surface area contributed by atoms with Crippen molar-refractivity contribution < 1.29 is 9.84 Å². The molecule has 2 aliphatic rings. The standard InChI is InChI=1S/C12H23NO2/c14-12-4-3-10(6-12)7-13-8-11-2-1-5-15-9-11/h10-14H,1-9H2. The van der Waals surface area contributed by atoms with Gasteiger partial charge in [-0.1, -0.05) is 0 Å². The van der Waals surface area contributed by atoms with Gasteiger partial charge in [0, 0.05) is 13.2 Å². The molecule has 0 bridgehead atoms. The van der Waals surface area contributed by atoms with E-state index in [-0.39, 0.29) is 6.10 Å². The van der Waals surface area contributed by atoms with Crippen molar-refractivity contribution in [2.45, 2.75) is 38.2 Å². The van der Waals surface area contributed by atoms with Crippen LogP contribution in [-0.4, -0.2) is 37.5 Å². The zero-order valence-corrected chi connectivity index (χ0v) is 9.45. The first-order valence-electron chi connectivity index (χ1n) is 6.31. The quantitative estimate of drug-likeness (QED) is 0.736. The first-order valence-corrected chi connectivity index (χ1v) is 6.31. The van der Waals surface area contributed by atoms with Gasteiger partial charge in [-0.05, 0) is 50.5 Å². The Morgan fingerprint density at radius 1 is 1.13 bits per heavy atom. The Hall–Kier alpha value is -0.120. The van der Waals surface area contributed by atoms with E-state index in [4.69, 9.17) is 4.74 Å². The molecular weight excluding hydrogens is 190 g/mol. The van der Waals surface area contributed by atoms with Gasteiger partial charge < -0.3 is 15.2 Å². The topological polar surface area (TPSA) is 41.5 Å². The highest BCUT2D eigenvalue weighted by molar-refractivity contribution is 4.77. The third-order valence-electron chi connectivity index (χ3n) is 3.63. The van der Waals surface area contributed by atoms with Crippen LogP contribution in [0.5, 0.6) is 0 Å². The fourth-order valence-electron chi connectivity index (χ4n) is 2.69. The molecule has 0 amide bonds. The molecule has 15 heavy (non-hydrogen) atoms. The van der Waals surface area contributed by atoms with Gasteiger partial charge >= 0.3 is 0 Å². The Kier molecular flexibility index (Phi) is 4.42. The average Bonchev–Trinajstić information content (AvgIpc) is 2.66. The van der Waals surface area contributed by atoms with E-state index in [2.05, 4.69) is 5.32 Å². The Bertz CT molecular complexity index is 176. The largest absolute Gasteiger partial charge is 0.393 e. The second-order valence-corrected chi connectivity index (χ2v) is 5.07. The maximum Gasteiger partial charge on any atom is 0.0543 e. The molecule has 3 atom stereocenters. The summed E-state index contributed by atoms with van der Waals surface area (Å²) in [5.74, 6) is 1.41. The number of nitrogens with one attached hydrogen (secondary N) is 1. The van der Waals surface area contributed by atoms with Crippen molar-refractivity contribution in [3.63, 3.8) is 0 Å². The smallest absolute Gasteiger partial charge is 0.0543 e. The van der Waals surface area contributed by atoms with Crippen molar-refractivity contribution >= 4 is 0 Å². The lowest BCUT2D eigenvalue weighted by atomic mass is 10.0. The molecule has 1 heterocycles. The summed E-state index contributed by atoms with van der Waals surface area (Å²) in [6.45, 7) is 4.05. The van der Waals surface area contributed by atoms with Crippen LogP contribution in [0.15, 0.2) is 0 Å². The Labute approximate surface area is 92.2 Å². The minimum atomic E-state index is -0.0326. The minimum Gasteiger partial charge on any atom is -0.393 e. The summed E-state index contributed by atoms with van der Waals surface area (Å²) in [6.07, 6.45) is 5.67. The van der Waals surface area contributed by atoms with Crippen molar-refractivity contribution in [2.75, 3.05) is 26.3 Å². The van der Waals surface area contributed by atoms with Crippen molar-refractivity contribution in [1.82, 2.24) is 5.32 Å². The van der Waals surface area contributed by atoms with E-state index in [1.807, 2.05) is 0 Å². The summed E-state index contributed by atoms with van der Waals surface area (Å²) < 4.78 is 5.44. The van der Waals surface area contributed by atoms with Crippen molar-refractivity contribution in [3.05, 3.63) is 0 Å². The molecular formula is C12H23NO2. The third kappa shape index (κ3) is 3.74. The molecule has 0 spiro atoms. The number of rotatable bonds is 4. The van der Waals surface area contributed by atoms with Gasteiger partial charge in [0.1, 0.15) is 0 Å². The normalized spacial score (nSPS) is 37.0. The molecule has 0 radical (unpaired) electrons. The van der Waals surface area contributed by atoms with E-state index >= 15 is 0 Å². The molecule has 2 fully saturated rings. The van der Waals surface area contributed by atoms with E-state index in [9.17, 15) is 5.11 Å². The zero-order chi connectivity index (χ0) is 10.5. The highest BCUT2D eigenvalue weighted by atomic mass is 16.5. The summed E-state index contributed by atoms with van der Waals surface area (Å²) in [4.78, 5) is 0. The number of ether oxygens (including phenoxy) is 1. The molecule has 0 aromatic carbocycles. The van der Waals surface area contributed by atoms with Gasteiger partial charge in [-0.3, -0.25) is 0 Å². The summed E-state index contributed by atoms with van der Waals surface area (Å²) >= 11 is 0. The lowest BCUT2D eigenvalue weighted by Gasteiger charge is -2.23. The van der Waals surface area contributed by atoms with Gasteiger partial charge in [0.05, 0.1) is 12.7 Å². The summed E-state index contributed by atoms with van der Waals surface area (Å²) in [5.41, 5.74) is 0. The van der Waals surface area contributed by atoms with Gasteiger partial charge in [-0.2, -0.15) is 0 Å². The van der Waals surface area contributed by atoms with E-state index in [1.54, 1.807) is 0 Å². The van der Waals surface area contributed by atoms with Crippen LogP contribution in [0.25, 0.3) is 0 Å². The molecule has 1 aliphatic carbocycles. The number of aliphatic hydroxyl groups excluding tert-OH is 1. The van der Waals surface area contributed by atoms with Crippen LogP contribution in [-0.2, 0) is 4.74 Å². The molecule has 0 aromatic rings. The third-order valence-corrected chi connectivity index (χ3v) is 3.63. The van der Waals surface area contributed by atoms with E-state index in [0.29, 0.717) is 11.8 Å². The lowest BCUT2D eigenvalue weighted by molar-refractivity contribution is 0.0545. The van der Waals surface area contributed by atoms with E-state index in [0.717, 1.165) is 39.1 Å². The van der Waals surface area contributed by atoms with Gasteiger partial charge in [-0.25, -0.2) is 0 Å². The van der Waals surface area contributed by atoms with Gasteiger partial charge in [-0.15, -0.1) is 0 Å². The van der Waals surface area contributed by atoms with Gasteiger partial charge in [0.25, 0.3) is 0 Å². The lowest BCUT2D eigenvalue weighted by Crippen LogP contribution is -2.31. The summed E-state index contributed by atoms with van der Waals surface area (Å²) in [6, 6.07) is 0. The molecule has 2 N–H and O–H groups in total. The second-order valence-electron chi connectivity index (χ2n) is 5.07. The van der Waals surface area contributed by atoms with Crippen LogP contribution < -0.4 is 5.32 Å². The summed E-state index contributed by atoms with van der Waals surface area (Å²) in [7, 11) is 0. The molecule has 1 saturated carbocycles. The first-order chi connectivity index (χ1) is 7.34. The van der Waals surface area contributed by atoms with E-state index in [1.165, 1.54) is 19.3 Å². The molecule has 3 nitrogen and oxygen atoms in total. The molecule has 0 aromatic heterocycles. The summed E-state index contributed by atoms with van der Waals surface area (Å²) in [5, 5.41) is 12.9. The average molecular weight is 213 g/mol. The highest BCUT2D eigenvalue weighted by Gasteiger charge is 2.22. The monoisotopic (exact) mass is 213 g/mol.